The highest BCUT2D eigenvalue weighted by Gasteiger charge is 2.43. The van der Waals surface area contributed by atoms with Crippen molar-refractivity contribution in [2.45, 2.75) is 18.9 Å². The quantitative estimate of drug-likeness (QED) is 0.852. The Morgan fingerprint density at radius 2 is 1.83 bits per heavy atom. The second kappa shape index (κ2) is 6.69. The SMILES string of the molecule is O=C1Nc2ccc(-c3ccccc3F)cc2C(=O)N2CCN(C(=O)C3CC3)C[C@H]12. The number of hydrogen-bond donors (Lipinski definition) is 1. The summed E-state index contributed by atoms with van der Waals surface area (Å²) in [4.78, 5) is 41.7. The first-order valence-corrected chi connectivity index (χ1v) is 9.82. The molecule has 2 aliphatic heterocycles. The third-order valence-corrected chi connectivity index (χ3v) is 5.87. The second-order valence-electron chi connectivity index (χ2n) is 7.80. The van der Waals surface area contributed by atoms with Gasteiger partial charge >= 0.3 is 0 Å². The Morgan fingerprint density at radius 1 is 1.03 bits per heavy atom. The summed E-state index contributed by atoms with van der Waals surface area (Å²) in [6.07, 6.45) is 1.80. The van der Waals surface area contributed by atoms with Gasteiger partial charge in [-0.1, -0.05) is 24.3 Å². The van der Waals surface area contributed by atoms with Crippen LogP contribution in [0.4, 0.5) is 10.1 Å². The summed E-state index contributed by atoms with van der Waals surface area (Å²) >= 11 is 0. The van der Waals surface area contributed by atoms with Crippen molar-refractivity contribution >= 4 is 23.4 Å². The van der Waals surface area contributed by atoms with E-state index in [-0.39, 0.29) is 36.0 Å². The predicted molar refractivity (Wildman–Crippen MR) is 105 cm³/mol. The van der Waals surface area contributed by atoms with Crippen molar-refractivity contribution < 1.29 is 18.8 Å². The maximum atomic E-state index is 14.2. The molecule has 2 aromatic carbocycles. The van der Waals surface area contributed by atoms with Crippen LogP contribution in [0.25, 0.3) is 11.1 Å². The van der Waals surface area contributed by atoms with Gasteiger partial charge < -0.3 is 15.1 Å². The van der Waals surface area contributed by atoms with Crippen LogP contribution in [-0.2, 0) is 9.59 Å². The average Bonchev–Trinajstić information content (AvgIpc) is 3.58. The van der Waals surface area contributed by atoms with Gasteiger partial charge in [-0.15, -0.1) is 0 Å². The Bertz CT molecular complexity index is 1030. The third kappa shape index (κ3) is 3.06. The number of nitrogens with one attached hydrogen (secondary N) is 1. The first-order valence-electron chi connectivity index (χ1n) is 9.82. The van der Waals surface area contributed by atoms with Gasteiger partial charge in [-0.25, -0.2) is 4.39 Å². The zero-order valence-electron chi connectivity index (χ0n) is 15.7. The lowest BCUT2D eigenvalue weighted by Gasteiger charge is -2.39. The first-order chi connectivity index (χ1) is 14.0. The van der Waals surface area contributed by atoms with Crippen molar-refractivity contribution in [3.05, 3.63) is 53.8 Å². The first kappa shape index (κ1) is 17.8. The summed E-state index contributed by atoms with van der Waals surface area (Å²) in [5.41, 5.74) is 1.72. The standard InChI is InChI=1S/C22H20FN3O3/c23-17-4-2-1-3-15(17)14-7-8-18-16(11-14)22(29)26-10-9-25(21(28)13-5-6-13)12-19(26)20(27)24-18/h1-4,7-8,11,13,19H,5-6,9-10,12H2,(H,24,27)/t19-/m1/s1. The van der Waals surface area contributed by atoms with Crippen molar-refractivity contribution in [1.82, 2.24) is 9.80 Å². The molecule has 5 rings (SSSR count). The fraction of sp³-hybridized carbons (Fsp3) is 0.318. The molecule has 148 valence electrons. The van der Waals surface area contributed by atoms with Crippen LogP contribution in [0.1, 0.15) is 23.2 Å². The minimum Gasteiger partial charge on any atom is -0.338 e. The minimum absolute atomic E-state index is 0.0756. The van der Waals surface area contributed by atoms with Crippen LogP contribution in [0, 0.1) is 11.7 Å². The molecule has 3 amide bonds. The molecular formula is C22H20FN3O3. The molecule has 0 radical (unpaired) electrons. The van der Waals surface area contributed by atoms with E-state index in [9.17, 15) is 18.8 Å². The van der Waals surface area contributed by atoms with Crippen LogP contribution in [0.2, 0.25) is 0 Å². The number of fused-ring (bicyclic) bond motifs is 2. The maximum absolute atomic E-state index is 14.2. The van der Waals surface area contributed by atoms with Crippen molar-refractivity contribution in [3.8, 4) is 11.1 Å². The Hall–Kier alpha value is -3.22. The molecule has 7 heteroatoms. The molecule has 6 nitrogen and oxygen atoms in total. The van der Waals surface area contributed by atoms with E-state index in [2.05, 4.69) is 5.32 Å². The van der Waals surface area contributed by atoms with E-state index in [4.69, 9.17) is 0 Å². The minimum atomic E-state index is -0.719. The van der Waals surface area contributed by atoms with E-state index < -0.39 is 6.04 Å². The number of rotatable bonds is 2. The van der Waals surface area contributed by atoms with Gasteiger partial charge in [-0.2, -0.15) is 0 Å². The third-order valence-electron chi connectivity index (χ3n) is 5.87. The number of piperazine rings is 1. The Kier molecular flexibility index (Phi) is 4.12. The Labute approximate surface area is 167 Å². The topological polar surface area (TPSA) is 69.7 Å². The second-order valence-corrected chi connectivity index (χ2v) is 7.80. The van der Waals surface area contributed by atoms with E-state index >= 15 is 0 Å². The van der Waals surface area contributed by atoms with Crippen LogP contribution in [0.3, 0.4) is 0 Å². The van der Waals surface area contributed by atoms with E-state index in [1.54, 1.807) is 41.3 Å². The van der Waals surface area contributed by atoms with Crippen LogP contribution in [-0.4, -0.2) is 53.2 Å². The van der Waals surface area contributed by atoms with Gasteiger partial charge in [0, 0.05) is 24.6 Å². The number of amides is 3. The fourth-order valence-electron chi connectivity index (χ4n) is 4.10. The summed E-state index contributed by atoms with van der Waals surface area (Å²) in [5, 5.41) is 2.82. The van der Waals surface area contributed by atoms with Gasteiger partial charge in [0.15, 0.2) is 0 Å². The number of anilines is 1. The molecule has 1 aliphatic carbocycles. The monoisotopic (exact) mass is 393 g/mol. The number of carbonyl (C=O) groups excluding carboxylic acids is 3. The maximum Gasteiger partial charge on any atom is 0.256 e. The summed E-state index contributed by atoms with van der Waals surface area (Å²) in [5.74, 6) is -0.799. The van der Waals surface area contributed by atoms with E-state index in [0.717, 1.165) is 12.8 Å². The molecule has 0 unspecified atom stereocenters. The summed E-state index contributed by atoms with van der Waals surface area (Å²) in [6.45, 7) is 0.938. The van der Waals surface area contributed by atoms with Crippen molar-refractivity contribution in [3.63, 3.8) is 0 Å². The fourth-order valence-corrected chi connectivity index (χ4v) is 4.10. The molecule has 1 saturated heterocycles. The van der Waals surface area contributed by atoms with Crippen LogP contribution in [0.15, 0.2) is 42.5 Å². The number of carbonyl (C=O) groups is 3. The van der Waals surface area contributed by atoms with Crippen molar-refractivity contribution in [2.75, 3.05) is 25.0 Å². The lowest BCUT2D eigenvalue weighted by Crippen LogP contribution is -2.59. The number of hydrogen-bond acceptors (Lipinski definition) is 3. The summed E-state index contributed by atoms with van der Waals surface area (Å²) < 4.78 is 14.2. The molecular weight excluding hydrogens is 373 g/mol. The number of benzene rings is 2. The molecule has 2 fully saturated rings. The Balaban J connectivity index is 1.47. The molecule has 2 heterocycles. The van der Waals surface area contributed by atoms with Crippen molar-refractivity contribution in [2.24, 2.45) is 5.92 Å². The molecule has 1 atom stereocenters. The van der Waals surface area contributed by atoms with Gasteiger partial charge in [0.05, 0.1) is 17.8 Å². The van der Waals surface area contributed by atoms with Gasteiger partial charge in [0.25, 0.3) is 5.91 Å². The highest BCUT2D eigenvalue weighted by atomic mass is 19.1. The molecule has 29 heavy (non-hydrogen) atoms. The van der Waals surface area contributed by atoms with Crippen LogP contribution < -0.4 is 5.32 Å². The average molecular weight is 393 g/mol. The molecule has 0 bridgehead atoms. The zero-order chi connectivity index (χ0) is 20.1. The van der Waals surface area contributed by atoms with Gasteiger partial charge in [0.2, 0.25) is 11.8 Å². The summed E-state index contributed by atoms with van der Waals surface area (Å²) in [7, 11) is 0. The summed E-state index contributed by atoms with van der Waals surface area (Å²) in [6, 6.07) is 10.6. The Morgan fingerprint density at radius 3 is 2.59 bits per heavy atom. The highest BCUT2D eigenvalue weighted by Crippen LogP contribution is 2.34. The zero-order valence-corrected chi connectivity index (χ0v) is 15.7. The van der Waals surface area contributed by atoms with E-state index in [1.165, 1.54) is 11.0 Å². The van der Waals surface area contributed by atoms with Crippen LogP contribution >= 0.6 is 0 Å². The van der Waals surface area contributed by atoms with Gasteiger partial charge in [-0.05, 0) is 36.6 Å². The molecule has 1 N–H and O–H groups in total. The molecule has 0 aromatic heterocycles. The van der Waals surface area contributed by atoms with Gasteiger partial charge in [-0.3, -0.25) is 14.4 Å². The molecule has 1 saturated carbocycles. The van der Waals surface area contributed by atoms with E-state index in [0.29, 0.717) is 35.5 Å². The number of nitrogens with zero attached hydrogens (tertiary/aromatic N) is 2. The molecule has 0 spiro atoms. The number of halogens is 1. The smallest absolute Gasteiger partial charge is 0.256 e. The highest BCUT2D eigenvalue weighted by molar-refractivity contribution is 6.10. The predicted octanol–water partition coefficient (Wildman–Crippen LogP) is 2.51. The van der Waals surface area contributed by atoms with E-state index in [1.807, 2.05) is 0 Å². The molecule has 2 aromatic rings. The molecule has 3 aliphatic rings. The lowest BCUT2D eigenvalue weighted by atomic mass is 10.0. The lowest BCUT2D eigenvalue weighted by molar-refractivity contribution is -0.136. The normalized spacial score (nSPS) is 21.2. The largest absolute Gasteiger partial charge is 0.338 e. The van der Waals surface area contributed by atoms with Gasteiger partial charge in [0.1, 0.15) is 11.9 Å². The van der Waals surface area contributed by atoms with Crippen molar-refractivity contribution in [1.29, 1.82) is 0 Å². The van der Waals surface area contributed by atoms with Crippen LogP contribution in [0.5, 0.6) is 0 Å².